The van der Waals surface area contributed by atoms with Gasteiger partial charge in [-0.2, -0.15) is 0 Å². The SMILES string of the molecule is COc1ccc(C)cc1/C(O)=C1\C(=O)C(=O)N(c2ccc(F)c(F)c2)C1c1cccnc1. The Balaban J connectivity index is 1.98. The monoisotopic (exact) mass is 436 g/mol. The van der Waals surface area contributed by atoms with Crippen molar-refractivity contribution in [3.05, 3.63) is 94.8 Å². The quantitative estimate of drug-likeness (QED) is 0.375. The lowest BCUT2D eigenvalue weighted by Gasteiger charge is -2.25. The van der Waals surface area contributed by atoms with Gasteiger partial charge in [0.05, 0.1) is 24.3 Å². The van der Waals surface area contributed by atoms with Gasteiger partial charge in [0.2, 0.25) is 0 Å². The summed E-state index contributed by atoms with van der Waals surface area (Å²) in [5.41, 5.74) is 1.18. The van der Waals surface area contributed by atoms with Crippen LogP contribution in [0.4, 0.5) is 14.5 Å². The van der Waals surface area contributed by atoms with Crippen molar-refractivity contribution in [3.8, 4) is 5.75 Å². The highest BCUT2D eigenvalue weighted by atomic mass is 19.2. The van der Waals surface area contributed by atoms with E-state index in [1.807, 2.05) is 0 Å². The van der Waals surface area contributed by atoms with Gasteiger partial charge in [0.15, 0.2) is 11.6 Å². The molecule has 3 aromatic rings. The second kappa shape index (κ2) is 8.22. The lowest BCUT2D eigenvalue weighted by molar-refractivity contribution is -0.132. The lowest BCUT2D eigenvalue weighted by Crippen LogP contribution is -2.29. The fourth-order valence-electron chi connectivity index (χ4n) is 3.74. The molecule has 1 aliphatic rings. The third kappa shape index (κ3) is 3.49. The Morgan fingerprint density at radius 3 is 2.53 bits per heavy atom. The second-order valence-corrected chi connectivity index (χ2v) is 7.26. The molecule has 0 radical (unpaired) electrons. The van der Waals surface area contributed by atoms with Crippen molar-refractivity contribution in [3.63, 3.8) is 0 Å². The van der Waals surface area contributed by atoms with Crippen LogP contribution >= 0.6 is 0 Å². The summed E-state index contributed by atoms with van der Waals surface area (Å²) in [4.78, 5) is 31.2. The van der Waals surface area contributed by atoms with Gasteiger partial charge in [-0.05, 0) is 42.8 Å². The molecule has 0 aliphatic carbocycles. The number of halogens is 2. The summed E-state index contributed by atoms with van der Waals surface area (Å²) < 4.78 is 32.8. The maximum Gasteiger partial charge on any atom is 0.300 e. The number of pyridine rings is 1. The van der Waals surface area contributed by atoms with Crippen LogP contribution in [0.2, 0.25) is 0 Å². The van der Waals surface area contributed by atoms with Crippen LogP contribution in [0, 0.1) is 18.6 Å². The molecular formula is C24H18F2N2O4. The number of nitrogens with zero attached hydrogens (tertiary/aromatic N) is 2. The second-order valence-electron chi connectivity index (χ2n) is 7.26. The number of hydrogen-bond donors (Lipinski definition) is 1. The van der Waals surface area contributed by atoms with Crippen LogP contribution < -0.4 is 9.64 Å². The normalized spacial score (nSPS) is 17.6. The van der Waals surface area contributed by atoms with E-state index in [9.17, 15) is 23.5 Å². The van der Waals surface area contributed by atoms with Crippen molar-refractivity contribution in [2.45, 2.75) is 13.0 Å². The predicted octanol–water partition coefficient (Wildman–Crippen LogP) is 4.30. The minimum atomic E-state index is -1.17. The van der Waals surface area contributed by atoms with E-state index in [4.69, 9.17) is 4.74 Å². The Morgan fingerprint density at radius 2 is 1.88 bits per heavy atom. The number of aliphatic hydroxyl groups is 1. The maximum absolute atomic E-state index is 14.0. The number of hydrogen-bond acceptors (Lipinski definition) is 5. The highest BCUT2D eigenvalue weighted by Crippen LogP contribution is 2.43. The fourth-order valence-corrected chi connectivity index (χ4v) is 3.74. The van der Waals surface area contributed by atoms with E-state index in [1.165, 1.54) is 25.6 Å². The summed E-state index contributed by atoms with van der Waals surface area (Å²) in [5.74, 6) is -4.36. The first-order chi connectivity index (χ1) is 15.3. The third-order valence-electron chi connectivity index (χ3n) is 5.24. The summed E-state index contributed by atoms with van der Waals surface area (Å²) in [7, 11) is 1.42. The van der Waals surface area contributed by atoms with Crippen molar-refractivity contribution in [2.24, 2.45) is 0 Å². The van der Waals surface area contributed by atoms with Crippen LogP contribution in [0.3, 0.4) is 0 Å². The number of amides is 1. The zero-order chi connectivity index (χ0) is 23.0. The molecule has 6 nitrogen and oxygen atoms in total. The van der Waals surface area contributed by atoms with Crippen LogP contribution in [0.1, 0.15) is 22.7 Å². The Labute approximate surface area is 182 Å². The van der Waals surface area contributed by atoms with Crippen LogP contribution in [-0.2, 0) is 9.59 Å². The van der Waals surface area contributed by atoms with Crippen molar-refractivity contribution in [2.75, 3.05) is 12.0 Å². The van der Waals surface area contributed by atoms with Crippen molar-refractivity contribution >= 4 is 23.1 Å². The maximum atomic E-state index is 14.0. The predicted molar refractivity (Wildman–Crippen MR) is 113 cm³/mol. The van der Waals surface area contributed by atoms with Gasteiger partial charge in [-0.1, -0.05) is 17.7 Å². The van der Waals surface area contributed by atoms with E-state index < -0.39 is 35.1 Å². The molecular weight excluding hydrogens is 418 g/mol. The number of Topliss-reactive ketones (excluding diaryl/α,β-unsaturated/α-hetero) is 1. The van der Waals surface area contributed by atoms with Crippen LogP contribution in [0.25, 0.3) is 5.76 Å². The first-order valence-corrected chi connectivity index (χ1v) is 9.64. The van der Waals surface area contributed by atoms with Gasteiger partial charge >= 0.3 is 0 Å². The van der Waals surface area contributed by atoms with Crippen molar-refractivity contribution < 1.29 is 28.2 Å². The van der Waals surface area contributed by atoms with Gasteiger partial charge in [-0.3, -0.25) is 19.5 Å². The molecule has 1 amide bonds. The number of carbonyl (C=O) groups excluding carboxylic acids is 2. The zero-order valence-electron chi connectivity index (χ0n) is 17.2. The van der Waals surface area contributed by atoms with Gasteiger partial charge < -0.3 is 9.84 Å². The van der Waals surface area contributed by atoms with Gasteiger partial charge in [0.1, 0.15) is 11.5 Å². The van der Waals surface area contributed by atoms with E-state index in [1.54, 1.807) is 37.3 Å². The molecule has 0 saturated carbocycles. The van der Waals surface area contributed by atoms with E-state index >= 15 is 0 Å². The average molecular weight is 436 g/mol. The fraction of sp³-hybridized carbons (Fsp3) is 0.125. The molecule has 32 heavy (non-hydrogen) atoms. The van der Waals surface area contributed by atoms with E-state index in [-0.39, 0.29) is 16.8 Å². The Hall–Kier alpha value is -4.07. The molecule has 4 rings (SSSR count). The number of aromatic nitrogens is 1. The number of rotatable bonds is 4. The van der Waals surface area contributed by atoms with Crippen LogP contribution in [0.5, 0.6) is 5.75 Å². The molecule has 1 aliphatic heterocycles. The molecule has 2 aromatic carbocycles. The summed E-state index contributed by atoms with van der Waals surface area (Å²) in [6.07, 6.45) is 2.95. The first kappa shape index (κ1) is 21.2. The number of benzene rings is 2. The number of aliphatic hydroxyl groups excluding tert-OH is 1. The summed E-state index contributed by atoms with van der Waals surface area (Å²) in [6, 6.07) is 10.0. The smallest absolute Gasteiger partial charge is 0.300 e. The molecule has 0 spiro atoms. The molecule has 0 bridgehead atoms. The van der Waals surface area contributed by atoms with Gasteiger partial charge in [0, 0.05) is 24.1 Å². The molecule has 2 heterocycles. The Morgan fingerprint density at radius 1 is 1.09 bits per heavy atom. The first-order valence-electron chi connectivity index (χ1n) is 9.64. The molecule has 162 valence electrons. The number of methoxy groups -OCH3 is 1. The number of carbonyl (C=O) groups is 2. The minimum absolute atomic E-state index is 0.0323. The highest BCUT2D eigenvalue weighted by molar-refractivity contribution is 6.51. The number of ether oxygens (including phenoxy) is 1. The number of ketones is 1. The number of aryl methyl sites for hydroxylation is 1. The van der Waals surface area contributed by atoms with E-state index in [2.05, 4.69) is 4.98 Å². The van der Waals surface area contributed by atoms with Gasteiger partial charge in [-0.15, -0.1) is 0 Å². The van der Waals surface area contributed by atoms with E-state index in [0.29, 0.717) is 11.3 Å². The third-order valence-corrected chi connectivity index (χ3v) is 5.24. The molecule has 1 N–H and O–H groups in total. The van der Waals surface area contributed by atoms with Crippen LogP contribution in [-0.4, -0.2) is 28.9 Å². The average Bonchev–Trinajstić information content (AvgIpc) is 3.06. The number of anilines is 1. The highest BCUT2D eigenvalue weighted by Gasteiger charge is 2.47. The zero-order valence-corrected chi connectivity index (χ0v) is 17.2. The molecule has 1 saturated heterocycles. The Bertz CT molecular complexity index is 1260. The minimum Gasteiger partial charge on any atom is -0.507 e. The molecule has 1 fully saturated rings. The topological polar surface area (TPSA) is 79.7 Å². The van der Waals surface area contributed by atoms with Crippen molar-refractivity contribution in [1.82, 2.24) is 4.98 Å². The standard InChI is InChI=1S/C24H18F2N2O4/c1-13-5-8-19(32-2)16(10-13)22(29)20-21(14-4-3-9-27-12-14)28(24(31)23(20)30)15-6-7-17(25)18(26)11-15/h3-12,21,29H,1-2H3/b22-20+. The molecule has 1 unspecified atom stereocenters. The van der Waals surface area contributed by atoms with Crippen molar-refractivity contribution in [1.29, 1.82) is 0 Å². The molecule has 1 aromatic heterocycles. The van der Waals surface area contributed by atoms with Crippen LogP contribution in [0.15, 0.2) is 66.5 Å². The summed E-state index contributed by atoms with van der Waals surface area (Å²) in [6.45, 7) is 1.80. The van der Waals surface area contributed by atoms with E-state index in [0.717, 1.165) is 22.6 Å². The largest absolute Gasteiger partial charge is 0.507 e. The molecule has 8 heteroatoms. The lowest BCUT2D eigenvalue weighted by atomic mass is 9.95. The molecule has 1 atom stereocenters. The van der Waals surface area contributed by atoms with Gasteiger partial charge in [-0.25, -0.2) is 8.78 Å². The summed E-state index contributed by atoms with van der Waals surface area (Å²) in [5, 5.41) is 11.2. The Kier molecular flexibility index (Phi) is 5.44. The summed E-state index contributed by atoms with van der Waals surface area (Å²) >= 11 is 0. The van der Waals surface area contributed by atoms with Gasteiger partial charge in [0.25, 0.3) is 11.7 Å².